The molecule has 28 heavy (non-hydrogen) atoms. The van der Waals surface area contributed by atoms with E-state index in [-0.39, 0.29) is 24.4 Å². The van der Waals surface area contributed by atoms with Gasteiger partial charge >= 0.3 is 0 Å². The van der Waals surface area contributed by atoms with E-state index in [1.807, 2.05) is 48.1 Å². The van der Waals surface area contributed by atoms with E-state index in [2.05, 4.69) is 25.8 Å². The molecule has 1 atom stereocenters. The molecule has 2 aromatic heterocycles. The molecule has 1 aromatic carbocycles. The van der Waals surface area contributed by atoms with Crippen LogP contribution in [-0.2, 0) is 10.3 Å². The Bertz CT molecular complexity index is 872. The lowest BCUT2D eigenvalue weighted by molar-refractivity contribution is -0.132. The van der Waals surface area contributed by atoms with Gasteiger partial charge in [-0.1, -0.05) is 12.1 Å². The van der Waals surface area contributed by atoms with E-state index in [9.17, 15) is 4.79 Å². The minimum atomic E-state index is -0.635. The van der Waals surface area contributed by atoms with Crippen molar-refractivity contribution < 1.29 is 4.79 Å². The predicted molar refractivity (Wildman–Crippen MR) is 107 cm³/mol. The molecule has 8 nitrogen and oxygen atoms in total. The lowest BCUT2D eigenvalue weighted by Crippen LogP contribution is -2.55. The zero-order chi connectivity index (χ0) is 18.7. The molecular formula is C19H24ClN7O. The van der Waals surface area contributed by atoms with Crippen LogP contribution in [0.5, 0.6) is 0 Å². The summed E-state index contributed by atoms with van der Waals surface area (Å²) < 4.78 is 3.51. The summed E-state index contributed by atoms with van der Waals surface area (Å²) in [5.74, 6) is 0.0144. The van der Waals surface area contributed by atoms with Crippen LogP contribution in [0.1, 0.15) is 31.4 Å². The fraction of sp³-hybridized carbons (Fsp3) is 0.368. The molecule has 0 spiro atoms. The summed E-state index contributed by atoms with van der Waals surface area (Å²) in [6.07, 6.45) is 8.21. The normalized spacial score (nSPS) is 16.8. The molecule has 1 aliphatic heterocycles. The van der Waals surface area contributed by atoms with E-state index in [0.717, 1.165) is 37.2 Å². The highest BCUT2D eigenvalue weighted by Crippen LogP contribution is 2.28. The second kappa shape index (κ2) is 8.53. The Morgan fingerprint density at radius 1 is 1.21 bits per heavy atom. The Morgan fingerprint density at radius 2 is 1.96 bits per heavy atom. The van der Waals surface area contributed by atoms with Crippen molar-refractivity contribution >= 4 is 18.3 Å². The fourth-order valence-corrected chi connectivity index (χ4v) is 3.59. The van der Waals surface area contributed by atoms with Crippen LogP contribution in [0.3, 0.4) is 0 Å². The number of carbonyl (C=O) groups excluding carboxylic acids is 1. The Balaban J connectivity index is 0.00000225. The van der Waals surface area contributed by atoms with Crippen molar-refractivity contribution in [1.29, 1.82) is 0 Å². The smallest absolute Gasteiger partial charge is 0.248 e. The summed E-state index contributed by atoms with van der Waals surface area (Å²) >= 11 is 0. The predicted octanol–water partition coefficient (Wildman–Crippen LogP) is 1.84. The van der Waals surface area contributed by atoms with Crippen LogP contribution >= 0.6 is 12.4 Å². The monoisotopic (exact) mass is 401 g/mol. The van der Waals surface area contributed by atoms with Gasteiger partial charge < -0.3 is 10.6 Å². The molecule has 1 fully saturated rings. The maximum atomic E-state index is 13.2. The first-order valence-corrected chi connectivity index (χ1v) is 9.16. The van der Waals surface area contributed by atoms with Gasteiger partial charge in [-0.3, -0.25) is 9.48 Å². The average Bonchev–Trinajstić information content (AvgIpc) is 3.43. The first-order valence-electron chi connectivity index (χ1n) is 9.16. The van der Waals surface area contributed by atoms with Gasteiger partial charge in [0.2, 0.25) is 5.91 Å². The number of hydrogen-bond acceptors (Lipinski definition) is 5. The third-order valence-electron chi connectivity index (χ3n) is 5.22. The molecule has 0 saturated carbocycles. The summed E-state index contributed by atoms with van der Waals surface area (Å²) in [6.45, 7) is 3.60. The van der Waals surface area contributed by atoms with Crippen molar-refractivity contribution in [3.05, 3.63) is 60.9 Å². The standard InChI is InChI=1S/C19H23N7O.ClH/c1-15(16-3-5-17(6-4-16)25-14-21-13-23-25)24-18(27)19(7-10-20-11-8-19)26-12-2-9-22-26;/h2-6,9,12-15,20H,7-8,10-11H2,1H3,(H,24,27);1H. The van der Waals surface area contributed by atoms with Crippen molar-refractivity contribution in [2.75, 3.05) is 13.1 Å². The van der Waals surface area contributed by atoms with Crippen molar-refractivity contribution in [2.24, 2.45) is 0 Å². The minimum absolute atomic E-state index is 0. The number of nitrogens with one attached hydrogen (secondary N) is 2. The van der Waals surface area contributed by atoms with Crippen molar-refractivity contribution in [2.45, 2.75) is 31.3 Å². The number of amides is 1. The van der Waals surface area contributed by atoms with Crippen LogP contribution in [-0.4, -0.2) is 43.5 Å². The van der Waals surface area contributed by atoms with Gasteiger partial charge in [-0.2, -0.15) is 10.2 Å². The second-order valence-corrected chi connectivity index (χ2v) is 6.86. The second-order valence-electron chi connectivity index (χ2n) is 6.86. The first kappa shape index (κ1) is 20.0. The molecule has 2 N–H and O–H groups in total. The Labute approximate surface area is 169 Å². The molecule has 1 amide bonds. The van der Waals surface area contributed by atoms with Gasteiger partial charge in [0.1, 0.15) is 18.2 Å². The van der Waals surface area contributed by atoms with Crippen LogP contribution in [0.4, 0.5) is 0 Å². The number of halogens is 1. The quantitative estimate of drug-likeness (QED) is 0.681. The fourth-order valence-electron chi connectivity index (χ4n) is 3.59. The summed E-state index contributed by atoms with van der Waals surface area (Å²) in [4.78, 5) is 17.2. The van der Waals surface area contributed by atoms with E-state index in [1.54, 1.807) is 17.2 Å². The number of hydrogen-bond donors (Lipinski definition) is 2. The summed E-state index contributed by atoms with van der Waals surface area (Å²) in [6, 6.07) is 9.71. The molecule has 4 rings (SSSR count). The van der Waals surface area contributed by atoms with Crippen molar-refractivity contribution in [3.63, 3.8) is 0 Å². The maximum absolute atomic E-state index is 13.2. The lowest BCUT2D eigenvalue weighted by atomic mass is 9.87. The van der Waals surface area contributed by atoms with Gasteiger partial charge in [-0.25, -0.2) is 9.67 Å². The number of rotatable bonds is 5. The van der Waals surface area contributed by atoms with Crippen molar-refractivity contribution in [3.8, 4) is 5.69 Å². The van der Waals surface area contributed by atoms with E-state index < -0.39 is 5.54 Å². The van der Waals surface area contributed by atoms with Crippen LogP contribution in [0.15, 0.2) is 55.4 Å². The SMILES string of the molecule is CC(NC(=O)C1(n2cccn2)CCNCC1)c1ccc(-n2cncn2)cc1.Cl. The Morgan fingerprint density at radius 3 is 2.57 bits per heavy atom. The molecule has 3 heterocycles. The van der Waals surface area contributed by atoms with E-state index in [0.29, 0.717) is 0 Å². The maximum Gasteiger partial charge on any atom is 0.248 e. The number of nitrogens with zero attached hydrogens (tertiary/aromatic N) is 5. The Kier molecular flexibility index (Phi) is 6.11. The molecule has 9 heteroatoms. The number of aromatic nitrogens is 5. The molecule has 1 unspecified atom stereocenters. The number of carbonyl (C=O) groups is 1. The highest BCUT2D eigenvalue weighted by atomic mass is 35.5. The van der Waals surface area contributed by atoms with Crippen LogP contribution < -0.4 is 10.6 Å². The topological polar surface area (TPSA) is 89.7 Å². The van der Waals surface area contributed by atoms with E-state index in [4.69, 9.17) is 0 Å². The number of piperidine rings is 1. The van der Waals surface area contributed by atoms with Gasteiger partial charge in [0, 0.05) is 12.4 Å². The van der Waals surface area contributed by atoms with Crippen LogP contribution in [0, 0.1) is 0 Å². The summed E-state index contributed by atoms with van der Waals surface area (Å²) in [5, 5.41) is 15.0. The zero-order valence-corrected chi connectivity index (χ0v) is 16.5. The molecule has 0 radical (unpaired) electrons. The molecule has 1 saturated heterocycles. The molecule has 0 aliphatic carbocycles. The zero-order valence-electron chi connectivity index (χ0n) is 15.7. The highest BCUT2D eigenvalue weighted by Gasteiger charge is 2.42. The highest BCUT2D eigenvalue weighted by molar-refractivity contribution is 5.85. The molecular weight excluding hydrogens is 378 g/mol. The first-order chi connectivity index (χ1) is 13.2. The summed E-state index contributed by atoms with van der Waals surface area (Å²) in [5.41, 5.74) is 1.34. The van der Waals surface area contributed by atoms with E-state index >= 15 is 0 Å². The van der Waals surface area contributed by atoms with Gasteiger partial charge in [0.15, 0.2) is 0 Å². The van der Waals surface area contributed by atoms with Gasteiger partial charge in [-0.15, -0.1) is 12.4 Å². The molecule has 148 valence electrons. The third kappa shape index (κ3) is 3.79. The molecule has 3 aromatic rings. The third-order valence-corrected chi connectivity index (χ3v) is 5.22. The van der Waals surface area contributed by atoms with E-state index in [1.165, 1.54) is 6.33 Å². The van der Waals surface area contributed by atoms with Crippen LogP contribution in [0.2, 0.25) is 0 Å². The minimum Gasteiger partial charge on any atom is -0.347 e. The van der Waals surface area contributed by atoms with Gasteiger partial charge in [0.25, 0.3) is 0 Å². The Hall–Kier alpha value is -2.71. The van der Waals surface area contributed by atoms with Crippen LogP contribution in [0.25, 0.3) is 5.69 Å². The van der Waals surface area contributed by atoms with Crippen molar-refractivity contribution in [1.82, 2.24) is 35.2 Å². The van der Waals surface area contributed by atoms with Gasteiger partial charge in [-0.05, 0) is 56.6 Å². The van der Waals surface area contributed by atoms with Gasteiger partial charge in [0.05, 0.1) is 11.7 Å². The number of benzene rings is 1. The molecule has 1 aliphatic rings. The summed E-state index contributed by atoms with van der Waals surface area (Å²) in [7, 11) is 0. The lowest BCUT2D eigenvalue weighted by Gasteiger charge is -2.37. The largest absolute Gasteiger partial charge is 0.347 e. The average molecular weight is 402 g/mol. The molecule has 0 bridgehead atoms.